The lowest BCUT2D eigenvalue weighted by Gasteiger charge is -2.06. The van der Waals surface area contributed by atoms with Gasteiger partial charge in [0, 0.05) is 20.3 Å². The minimum Gasteiger partial charge on any atom is -0.382 e. The molecule has 0 unspecified atom stereocenters. The van der Waals surface area contributed by atoms with Crippen molar-refractivity contribution in [2.24, 2.45) is 0 Å². The van der Waals surface area contributed by atoms with E-state index in [2.05, 4.69) is 5.10 Å². The van der Waals surface area contributed by atoms with Crippen LogP contribution in [-0.4, -0.2) is 40.0 Å². The van der Waals surface area contributed by atoms with Gasteiger partial charge in [-0.3, -0.25) is 14.9 Å². The van der Waals surface area contributed by atoms with Crippen LogP contribution in [0.2, 0.25) is 0 Å². The van der Waals surface area contributed by atoms with Gasteiger partial charge in [-0.2, -0.15) is 5.10 Å². The first kappa shape index (κ1) is 10.9. The molecule has 0 amide bonds. The molecule has 0 atom stereocenters. The van der Waals surface area contributed by atoms with Gasteiger partial charge in [0.25, 0.3) is 0 Å². The molecular formula is C8H10N4O3. The molecule has 0 aliphatic carbocycles. The van der Waals surface area contributed by atoms with Gasteiger partial charge >= 0.3 is 5.69 Å². The zero-order valence-corrected chi connectivity index (χ0v) is 8.32. The van der Waals surface area contributed by atoms with Gasteiger partial charge in [-0.1, -0.05) is 0 Å². The highest BCUT2D eigenvalue weighted by molar-refractivity contribution is 5.98. The second-order valence-corrected chi connectivity index (χ2v) is 3.04. The molecule has 7 nitrogen and oxygen atoms in total. The zero-order chi connectivity index (χ0) is 11.4. The van der Waals surface area contributed by atoms with E-state index in [0.717, 1.165) is 10.9 Å². The number of hydrogen-bond acceptors (Lipinski definition) is 5. The van der Waals surface area contributed by atoms with E-state index >= 15 is 0 Å². The highest BCUT2D eigenvalue weighted by Crippen LogP contribution is 2.11. The fourth-order valence-electron chi connectivity index (χ4n) is 0.957. The molecule has 0 aliphatic rings. The SMILES string of the molecule is CN(C)/C=C(/C=O)n1cc([N+](=O)[O-])cn1. The first-order valence-corrected chi connectivity index (χ1v) is 4.07. The van der Waals surface area contributed by atoms with Crippen molar-refractivity contribution < 1.29 is 9.72 Å². The van der Waals surface area contributed by atoms with E-state index in [1.807, 2.05) is 0 Å². The van der Waals surface area contributed by atoms with Crippen molar-refractivity contribution in [1.29, 1.82) is 0 Å². The Hall–Kier alpha value is -2.18. The van der Waals surface area contributed by atoms with Crippen LogP contribution in [0.4, 0.5) is 5.69 Å². The van der Waals surface area contributed by atoms with E-state index in [0.29, 0.717) is 6.29 Å². The van der Waals surface area contributed by atoms with E-state index < -0.39 is 4.92 Å². The Morgan fingerprint density at radius 2 is 2.33 bits per heavy atom. The first-order chi connectivity index (χ1) is 7.04. The number of nitro groups is 1. The van der Waals surface area contributed by atoms with E-state index in [1.165, 1.54) is 12.4 Å². The molecule has 0 bridgehead atoms. The van der Waals surface area contributed by atoms with E-state index in [9.17, 15) is 14.9 Å². The predicted molar refractivity (Wildman–Crippen MR) is 52.9 cm³/mol. The quantitative estimate of drug-likeness (QED) is 0.310. The summed E-state index contributed by atoms with van der Waals surface area (Å²) in [6.45, 7) is 0. The Bertz CT molecular complexity index is 408. The molecule has 7 heteroatoms. The lowest BCUT2D eigenvalue weighted by molar-refractivity contribution is -0.384. The van der Waals surface area contributed by atoms with Crippen LogP contribution >= 0.6 is 0 Å². The van der Waals surface area contributed by atoms with Crippen molar-refractivity contribution in [3.05, 3.63) is 28.7 Å². The molecule has 0 radical (unpaired) electrons. The summed E-state index contributed by atoms with van der Waals surface area (Å²) in [6, 6.07) is 0. The largest absolute Gasteiger partial charge is 0.382 e. The highest BCUT2D eigenvalue weighted by Gasteiger charge is 2.10. The molecule has 0 aromatic carbocycles. The maximum Gasteiger partial charge on any atom is 0.307 e. The average Bonchev–Trinajstić information content (AvgIpc) is 2.62. The molecule has 1 rings (SSSR count). The maximum absolute atomic E-state index is 10.7. The van der Waals surface area contributed by atoms with Gasteiger partial charge in [0.05, 0.1) is 4.92 Å². The molecule has 1 heterocycles. The number of allylic oxidation sites excluding steroid dienone is 1. The van der Waals surface area contributed by atoms with Gasteiger partial charge < -0.3 is 4.90 Å². The summed E-state index contributed by atoms with van der Waals surface area (Å²) in [5.41, 5.74) is 0.0783. The summed E-state index contributed by atoms with van der Waals surface area (Å²) in [4.78, 5) is 22.2. The molecule has 80 valence electrons. The third-order valence-corrected chi connectivity index (χ3v) is 1.56. The summed E-state index contributed by atoms with van der Waals surface area (Å²) in [7, 11) is 3.48. The Kier molecular flexibility index (Phi) is 3.17. The minimum atomic E-state index is -0.568. The maximum atomic E-state index is 10.7. The monoisotopic (exact) mass is 210 g/mol. The Balaban J connectivity index is 3.03. The van der Waals surface area contributed by atoms with E-state index in [1.54, 1.807) is 19.0 Å². The van der Waals surface area contributed by atoms with E-state index in [4.69, 9.17) is 0 Å². The van der Waals surface area contributed by atoms with Gasteiger partial charge in [-0.05, 0) is 0 Å². The predicted octanol–water partition coefficient (Wildman–Crippen LogP) is 0.350. The third kappa shape index (κ3) is 2.63. The normalized spacial score (nSPS) is 11.2. The molecule has 0 saturated heterocycles. The van der Waals surface area contributed by atoms with Crippen LogP contribution in [0.1, 0.15) is 0 Å². The van der Waals surface area contributed by atoms with Crippen molar-refractivity contribution in [2.75, 3.05) is 14.1 Å². The van der Waals surface area contributed by atoms with Crippen molar-refractivity contribution in [1.82, 2.24) is 14.7 Å². The van der Waals surface area contributed by atoms with Crippen LogP contribution in [0.3, 0.4) is 0 Å². The Morgan fingerprint density at radius 1 is 1.67 bits per heavy atom. The molecular weight excluding hydrogens is 200 g/mol. The molecule has 0 spiro atoms. The van der Waals surface area contributed by atoms with Gasteiger partial charge in [0.1, 0.15) is 18.1 Å². The number of carbonyl (C=O) groups is 1. The van der Waals surface area contributed by atoms with Crippen molar-refractivity contribution in [2.45, 2.75) is 0 Å². The van der Waals surface area contributed by atoms with Crippen molar-refractivity contribution in [3.63, 3.8) is 0 Å². The van der Waals surface area contributed by atoms with Gasteiger partial charge in [0.2, 0.25) is 0 Å². The first-order valence-electron chi connectivity index (χ1n) is 4.07. The Labute approximate surface area is 85.7 Å². The molecule has 15 heavy (non-hydrogen) atoms. The van der Waals surface area contributed by atoms with Crippen LogP contribution in [0, 0.1) is 10.1 Å². The smallest absolute Gasteiger partial charge is 0.307 e. The summed E-state index contributed by atoms with van der Waals surface area (Å²) in [5.74, 6) is 0. The molecule has 0 N–H and O–H groups in total. The van der Waals surface area contributed by atoms with Gasteiger partial charge in [0.15, 0.2) is 6.29 Å². The highest BCUT2D eigenvalue weighted by atomic mass is 16.6. The van der Waals surface area contributed by atoms with Crippen LogP contribution in [0.15, 0.2) is 18.6 Å². The van der Waals surface area contributed by atoms with Crippen LogP contribution < -0.4 is 0 Å². The standard InChI is InChI=1S/C8H10N4O3/c1-10(2)4-8(6-13)11-5-7(3-9-11)12(14)15/h3-6H,1-2H3/b8-4-. The molecule has 0 fully saturated rings. The summed E-state index contributed by atoms with van der Waals surface area (Å²) < 4.78 is 1.16. The molecule has 1 aromatic heterocycles. The second-order valence-electron chi connectivity index (χ2n) is 3.04. The fourth-order valence-corrected chi connectivity index (χ4v) is 0.957. The van der Waals surface area contributed by atoms with Crippen molar-refractivity contribution in [3.8, 4) is 0 Å². The lowest BCUT2D eigenvalue weighted by Crippen LogP contribution is -2.07. The molecule has 1 aromatic rings. The number of rotatable bonds is 4. The summed E-state index contributed by atoms with van der Waals surface area (Å²) in [6.07, 6.45) is 4.37. The minimum absolute atomic E-state index is 0.151. The van der Waals surface area contributed by atoms with Gasteiger partial charge in [-0.15, -0.1) is 0 Å². The zero-order valence-electron chi connectivity index (χ0n) is 8.32. The van der Waals surface area contributed by atoms with Crippen molar-refractivity contribution >= 4 is 17.7 Å². The van der Waals surface area contributed by atoms with Gasteiger partial charge in [-0.25, -0.2) is 4.68 Å². The number of aromatic nitrogens is 2. The second kappa shape index (κ2) is 4.36. The van der Waals surface area contributed by atoms with Crippen LogP contribution in [-0.2, 0) is 4.79 Å². The number of aldehydes is 1. The molecule has 0 aliphatic heterocycles. The van der Waals surface area contributed by atoms with Crippen LogP contribution in [0.5, 0.6) is 0 Å². The molecule has 0 saturated carbocycles. The Morgan fingerprint density at radius 3 is 2.73 bits per heavy atom. The fraction of sp³-hybridized carbons (Fsp3) is 0.250. The third-order valence-electron chi connectivity index (χ3n) is 1.56. The topological polar surface area (TPSA) is 81.3 Å². The number of hydrogen-bond donors (Lipinski definition) is 0. The summed E-state index contributed by atoms with van der Waals surface area (Å²) >= 11 is 0. The lowest BCUT2D eigenvalue weighted by atomic mass is 10.5. The number of nitrogens with zero attached hydrogens (tertiary/aromatic N) is 4. The number of carbonyl (C=O) groups excluding carboxylic acids is 1. The average molecular weight is 210 g/mol. The van der Waals surface area contributed by atoms with Crippen LogP contribution in [0.25, 0.3) is 5.70 Å². The summed E-state index contributed by atoms with van der Waals surface area (Å²) in [5, 5.41) is 14.1. The van der Waals surface area contributed by atoms with E-state index in [-0.39, 0.29) is 11.4 Å².